The van der Waals surface area contributed by atoms with Gasteiger partial charge in [0, 0.05) is 0 Å². The van der Waals surface area contributed by atoms with E-state index >= 15 is 0 Å². The van der Waals surface area contributed by atoms with Crippen molar-refractivity contribution in [3.05, 3.63) is 12.2 Å². The molecule has 0 amide bonds. The Bertz CT molecular complexity index is 1830. The quantitative estimate of drug-likeness (QED) is 0.110. The molecule has 0 bridgehead atoms. The maximum absolute atomic E-state index is 13.2. The maximum Gasteiger partial charge on any atom is 0.335 e. The van der Waals surface area contributed by atoms with Crippen LogP contribution in [0, 0.1) is 56.7 Å². The monoisotopic (exact) mass is 941 g/mol. The van der Waals surface area contributed by atoms with Gasteiger partial charge in [0.05, 0.1) is 24.2 Å². The number of aliphatic hydroxyl groups excluding tert-OH is 8. The fourth-order valence-corrected chi connectivity index (χ4v) is 15.9. The third kappa shape index (κ3) is 7.57. The van der Waals surface area contributed by atoms with Crippen molar-refractivity contribution in [2.45, 2.75) is 211 Å². The van der Waals surface area contributed by atoms with Crippen LogP contribution in [-0.4, -0.2) is 168 Å². The van der Waals surface area contributed by atoms with Crippen molar-refractivity contribution < 1.29 is 89.1 Å². The molecule has 25 atom stereocenters. The Morgan fingerprint density at radius 1 is 0.636 bits per heavy atom. The van der Waals surface area contributed by atoms with Gasteiger partial charge in [-0.25, -0.2) is 4.79 Å². The summed E-state index contributed by atoms with van der Waals surface area (Å²) in [7, 11) is 0. The molecular formula is C48H76O18. The van der Waals surface area contributed by atoms with E-state index in [0.29, 0.717) is 25.2 Å². The van der Waals surface area contributed by atoms with Gasteiger partial charge in [-0.3, -0.25) is 4.79 Å². The Labute approximate surface area is 386 Å². The third-order valence-corrected chi connectivity index (χ3v) is 19.7. The van der Waals surface area contributed by atoms with Gasteiger partial charge >= 0.3 is 11.9 Å². The van der Waals surface area contributed by atoms with Gasteiger partial charge < -0.3 is 79.5 Å². The molecule has 66 heavy (non-hydrogen) atoms. The highest BCUT2D eigenvalue weighted by molar-refractivity contribution is 5.76. The van der Waals surface area contributed by atoms with Crippen molar-refractivity contribution in [2.24, 2.45) is 56.7 Å². The van der Waals surface area contributed by atoms with Crippen molar-refractivity contribution in [1.82, 2.24) is 0 Å². The zero-order valence-electron chi connectivity index (χ0n) is 39.3. The summed E-state index contributed by atoms with van der Waals surface area (Å²) in [4.78, 5) is 25.6. The Hall–Kier alpha value is -1.88. The van der Waals surface area contributed by atoms with Crippen LogP contribution >= 0.6 is 0 Å². The van der Waals surface area contributed by atoms with E-state index in [1.807, 2.05) is 0 Å². The number of hydrogen-bond acceptors (Lipinski definition) is 16. The molecule has 8 fully saturated rings. The van der Waals surface area contributed by atoms with E-state index in [0.717, 1.165) is 50.5 Å². The number of fused-ring (bicyclic) bond motifs is 7. The second-order valence-corrected chi connectivity index (χ2v) is 23.0. The first-order chi connectivity index (χ1) is 30.8. The summed E-state index contributed by atoms with van der Waals surface area (Å²) in [5.74, 6) is -1.31. The van der Waals surface area contributed by atoms with E-state index in [1.54, 1.807) is 0 Å². The van der Waals surface area contributed by atoms with Crippen LogP contribution in [0.2, 0.25) is 0 Å². The predicted octanol–water partition coefficient (Wildman–Crippen LogP) is 1.68. The van der Waals surface area contributed by atoms with Crippen molar-refractivity contribution >= 4 is 11.9 Å². The molecule has 0 radical (unpaired) electrons. The Kier molecular flexibility index (Phi) is 13.6. The summed E-state index contributed by atoms with van der Waals surface area (Å²) < 4.78 is 36.3. The average Bonchev–Trinajstić information content (AvgIpc) is 3.66. The standard InChI is InChI=1S/C48H76O18/c1-20(2)22-11-16-48(43(59)60)18-17-46(7)23(28(22)48)9-10-26-45(6)14-13-27(44(4,5)25(45)12-15-47(26,46)8)63-42-38(34(55)33(54)36(64-42)39(57)58)66-41-37(32(53)30(51)24(19-49)62-41)65-40-35(56)31(52)29(50)21(3)61-40/h21-38,40-42,49-56H,1,9-19H2,2-8H3,(H,57,58)(H,59,60). The topological polar surface area (TPSA) is 292 Å². The maximum atomic E-state index is 13.2. The summed E-state index contributed by atoms with van der Waals surface area (Å²) in [6, 6.07) is 0. The minimum Gasteiger partial charge on any atom is -0.481 e. The Balaban J connectivity index is 1.05. The molecule has 0 spiro atoms. The molecule has 3 aliphatic heterocycles. The van der Waals surface area contributed by atoms with Crippen molar-refractivity contribution in [3.8, 4) is 0 Å². The van der Waals surface area contributed by atoms with Crippen LogP contribution in [0.3, 0.4) is 0 Å². The molecule has 0 aromatic rings. The molecule has 8 rings (SSSR count). The smallest absolute Gasteiger partial charge is 0.335 e. The van der Waals surface area contributed by atoms with Gasteiger partial charge in [0.15, 0.2) is 25.0 Å². The molecule has 5 aliphatic carbocycles. The zero-order chi connectivity index (χ0) is 48.4. The number of aliphatic hydroxyl groups is 8. The van der Waals surface area contributed by atoms with E-state index < -0.39 is 128 Å². The van der Waals surface area contributed by atoms with E-state index in [2.05, 4.69) is 48.1 Å². The number of carboxylic acids is 2. The molecule has 25 unspecified atom stereocenters. The summed E-state index contributed by atoms with van der Waals surface area (Å²) in [5, 5.41) is 107. The average molecular weight is 941 g/mol. The summed E-state index contributed by atoms with van der Waals surface area (Å²) in [6.45, 7) is 18.6. The number of rotatable bonds is 10. The molecule has 8 aliphatic rings. The van der Waals surface area contributed by atoms with E-state index in [9.17, 15) is 60.7 Å². The zero-order valence-corrected chi connectivity index (χ0v) is 39.3. The van der Waals surface area contributed by atoms with E-state index in [4.69, 9.17) is 28.4 Å². The number of aliphatic carboxylic acids is 2. The summed E-state index contributed by atoms with van der Waals surface area (Å²) in [5.41, 5.74) is -0.518. The second-order valence-electron chi connectivity index (χ2n) is 23.0. The van der Waals surface area contributed by atoms with Gasteiger partial charge in [0.2, 0.25) is 0 Å². The van der Waals surface area contributed by atoms with Gasteiger partial charge in [0.25, 0.3) is 0 Å². The number of carbonyl (C=O) groups is 2. The lowest BCUT2D eigenvalue weighted by Gasteiger charge is -2.73. The largest absolute Gasteiger partial charge is 0.481 e. The van der Waals surface area contributed by atoms with Crippen LogP contribution in [0.1, 0.15) is 113 Å². The van der Waals surface area contributed by atoms with Gasteiger partial charge in [-0.1, -0.05) is 46.8 Å². The lowest BCUT2D eigenvalue weighted by atomic mass is 9.32. The molecule has 18 nitrogen and oxygen atoms in total. The summed E-state index contributed by atoms with van der Waals surface area (Å²) >= 11 is 0. The number of allylic oxidation sites excluding steroid dienone is 1. The molecule has 18 heteroatoms. The Morgan fingerprint density at radius 3 is 1.89 bits per heavy atom. The van der Waals surface area contributed by atoms with Crippen LogP contribution in [0.5, 0.6) is 0 Å². The minimum absolute atomic E-state index is 0.0470. The van der Waals surface area contributed by atoms with Crippen LogP contribution < -0.4 is 0 Å². The normalized spacial score (nSPS) is 54.6. The Morgan fingerprint density at radius 2 is 1.27 bits per heavy atom. The minimum atomic E-state index is -2.04. The van der Waals surface area contributed by atoms with Crippen molar-refractivity contribution in [2.75, 3.05) is 6.61 Å². The fourth-order valence-electron chi connectivity index (χ4n) is 15.9. The lowest BCUT2D eigenvalue weighted by Crippen LogP contribution is -2.68. The van der Waals surface area contributed by atoms with Gasteiger partial charge in [-0.15, -0.1) is 0 Å². The molecule has 376 valence electrons. The molecular weight excluding hydrogens is 865 g/mol. The van der Waals surface area contributed by atoms with Crippen molar-refractivity contribution in [3.63, 3.8) is 0 Å². The SMILES string of the molecule is C=C(C)C1CCC2(C(=O)O)CCC3(C)C(CCC4C5(C)CCC(OC6OC(C(=O)O)C(O)C(O)C6OC6OC(CO)C(O)C(O)C6OC6OC(C)C(O)C(O)C6O)C(C)(C)C5CCC43C)C12. The van der Waals surface area contributed by atoms with Crippen LogP contribution in [0.4, 0.5) is 0 Å². The highest BCUT2D eigenvalue weighted by Gasteiger charge is 2.72. The highest BCUT2D eigenvalue weighted by Crippen LogP contribution is 2.77. The van der Waals surface area contributed by atoms with Gasteiger partial charge in [-0.05, 0) is 129 Å². The number of hydrogen-bond donors (Lipinski definition) is 10. The van der Waals surface area contributed by atoms with Gasteiger partial charge in [0.1, 0.15) is 61.0 Å². The van der Waals surface area contributed by atoms with Crippen molar-refractivity contribution in [1.29, 1.82) is 0 Å². The second kappa shape index (κ2) is 17.8. The molecule has 5 saturated carbocycles. The van der Waals surface area contributed by atoms with Gasteiger partial charge in [-0.2, -0.15) is 0 Å². The third-order valence-electron chi connectivity index (χ3n) is 19.7. The van der Waals surface area contributed by atoms with Crippen LogP contribution in [0.15, 0.2) is 12.2 Å². The lowest BCUT2D eigenvalue weighted by molar-refractivity contribution is -0.395. The summed E-state index contributed by atoms with van der Waals surface area (Å²) in [6.07, 6.45) is -18.4. The molecule has 0 aromatic heterocycles. The molecule has 10 N–H and O–H groups in total. The first kappa shape index (κ1) is 50.5. The van der Waals surface area contributed by atoms with E-state index in [1.165, 1.54) is 6.92 Å². The molecule has 0 aromatic carbocycles. The van der Waals surface area contributed by atoms with Crippen LogP contribution in [0.25, 0.3) is 0 Å². The number of ether oxygens (including phenoxy) is 6. The molecule has 3 saturated heterocycles. The first-order valence-electron chi connectivity index (χ1n) is 24.2. The molecule has 3 heterocycles. The van der Waals surface area contributed by atoms with Crippen LogP contribution in [-0.2, 0) is 38.0 Å². The van der Waals surface area contributed by atoms with E-state index in [-0.39, 0.29) is 39.9 Å². The fraction of sp³-hybridized carbons (Fsp3) is 0.917. The highest BCUT2D eigenvalue weighted by atomic mass is 16.8. The predicted molar refractivity (Wildman–Crippen MR) is 230 cm³/mol. The number of carboxylic acid groups (broad SMARTS) is 2. The first-order valence-corrected chi connectivity index (χ1v) is 24.2.